The predicted octanol–water partition coefficient (Wildman–Crippen LogP) is 0.719. The van der Waals surface area contributed by atoms with Crippen LogP contribution in [0.5, 0.6) is 0 Å². The van der Waals surface area contributed by atoms with E-state index in [-0.39, 0.29) is 0 Å². The maximum Gasteiger partial charge on any atom is 0.214 e. The van der Waals surface area contributed by atoms with Gasteiger partial charge in [0.2, 0.25) is 10.0 Å². The molecule has 0 aromatic rings. The van der Waals surface area contributed by atoms with E-state index in [4.69, 9.17) is 13.1 Å². The van der Waals surface area contributed by atoms with Gasteiger partial charge in [-0.1, -0.05) is 6.42 Å². The summed E-state index contributed by atoms with van der Waals surface area (Å²) in [6, 6.07) is 2.07. The number of rotatable bonds is 2. The number of nitriles is 1. The van der Waals surface area contributed by atoms with Crippen LogP contribution in [0.4, 0.5) is 0 Å². The molecule has 0 bridgehead atoms. The molecule has 0 aromatic heterocycles. The smallest absolute Gasteiger partial charge is 0.214 e. The molecule has 4 nitrogen and oxygen atoms in total. The second kappa shape index (κ2) is 4.54. The fourth-order valence-corrected chi connectivity index (χ4v) is 3.16. The minimum absolute atomic E-state index is 0.402. The first-order chi connectivity index (χ1) is 6.93. The predicted molar refractivity (Wildman–Crippen MR) is 58.9 cm³/mol. The Morgan fingerprint density at radius 1 is 1.47 bits per heavy atom. The summed E-state index contributed by atoms with van der Waals surface area (Å²) in [5.74, 6) is 0. The molecule has 0 amide bonds. The third kappa shape index (κ3) is 2.96. The topological polar surface area (TPSA) is 70.0 Å². The highest BCUT2D eigenvalue weighted by Crippen LogP contribution is 2.38. The van der Waals surface area contributed by atoms with Gasteiger partial charge in [-0.25, -0.2) is 13.1 Å². The highest BCUT2D eigenvalue weighted by Gasteiger charge is 2.32. The largest absolute Gasteiger partial charge is 0.218 e. The summed E-state index contributed by atoms with van der Waals surface area (Å²) in [5.41, 5.74) is 0. The van der Waals surface area contributed by atoms with Crippen LogP contribution in [0.3, 0.4) is 0 Å². The molecule has 1 rings (SSSR count). The highest BCUT2D eigenvalue weighted by atomic mass is 32.2. The molecule has 15 heavy (non-hydrogen) atoms. The van der Waals surface area contributed by atoms with E-state index in [0.717, 1.165) is 0 Å². The summed E-state index contributed by atoms with van der Waals surface area (Å²) in [6.45, 7) is 0. The number of sulfonamides is 1. The zero-order valence-corrected chi connectivity index (χ0v) is 9.68. The quantitative estimate of drug-likeness (QED) is 0.557. The molecule has 1 N–H and O–H groups in total. The zero-order chi connectivity index (χ0) is 11.5. The van der Waals surface area contributed by atoms with Crippen molar-refractivity contribution in [2.75, 3.05) is 7.05 Å². The Kier molecular flexibility index (Phi) is 3.79. The van der Waals surface area contributed by atoms with Crippen molar-refractivity contribution >= 4 is 17.9 Å². The fourth-order valence-electron chi connectivity index (χ4n) is 1.92. The summed E-state index contributed by atoms with van der Waals surface area (Å²) in [4.78, 5) is 0. The highest BCUT2D eigenvalue weighted by molar-refractivity contribution is 7.90. The van der Waals surface area contributed by atoms with Crippen molar-refractivity contribution in [1.82, 2.24) is 4.72 Å². The van der Waals surface area contributed by atoms with Crippen LogP contribution in [0.25, 0.3) is 0 Å². The van der Waals surface area contributed by atoms with E-state index in [0.29, 0.717) is 32.1 Å². The Bertz CT molecular complexity index is 363. The van der Waals surface area contributed by atoms with Crippen molar-refractivity contribution in [3.05, 3.63) is 0 Å². The van der Waals surface area contributed by atoms with E-state index in [2.05, 4.69) is 10.8 Å². The molecule has 2 radical (unpaired) electrons. The molecule has 1 fully saturated rings. The van der Waals surface area contributed by atoms with E-state index >= 15 is 0 Å². The van der Waals surface area contributed by atoms with Crippen molar-refractivity contribution in [3.63, 3.8) is 0 Å². The first kappa shape index (κ1) is 12.5. The number of nitrogens with zero attached hydrogens (tertiary/aromatic N) is 1. The van der Waals surface area contributed by atoms with Crippen molar-refractivity contribution in [3.8, 4) is 6.07 Å². The van der Waals surface area contributed by atoms with E-state index in [1.165, 1.54) is 7.05 Å². The SMILES string of the molecule is [B]C1(C#N)CCCC(S(=O)(=O)NC)CC1. The van der Waals surface area contributed by atoms with Gasteiger partial charge in [-0.15, -0.1) is 0 Å². The molecule has 1 aliphatic rings. The number of hydrogen-bond donors (Lipinski definition) is 1. The van der Waals surface area contributed by atoms with E-state index in [9.17, 15) is 8.42 Å². The molecule has 0 saturated heterocycles. The van der Waals surface area contributed by atoms with Crippen molar-refractivity contribution in [2.45, 2.75) is 42.7 Å². The second-order valence-electron chi connectivity index (χ2n) is 4.07. The summed E-state index contributed by atoms with van der Waals surface area (Å²) < 4.78 is 25.5. The average molecular weight is 226 g/mol. The van der Waals surface area contributed by atoms with Gasteiger partial charge in [-0.3, -0.25) is 0 Å². The van der Waals surface area contributed by atoms with Gasteiger partial charge >= 0.3 is 0 Å². The number of hydrogen-bond acceptors (Lipinski definition) is 3. The first-order valence-corrected chi connectivity index (χ1v) is 6.61. The summed E-state index contributed by atoms with van der Waals surface area (Å²) in [7, 11) is 4.03. The van der Waals surface area contributed by atoms with Gasteiger partial charge < -0.3 is 0 Å². The molecular weight excluding hydrogens is 211 g/mol. The zero-order valence-electron chi connectivity index (χ0n) is 8.86. The maximum absolute atomic E-state index is 11.6. The molecule has 0 heterocycles. The van der Waals surface area contributed by atoms with Crippen LogP contribution in [-0.4, -0.2) is 28.6 Å². The van der Waals surface area contributed by atoms with Crippen LogP contribution in [-0.2, 0) is 10.0 Å². The molecule has 6 heteroatoms. The molecule has 0 aliphatic heterocycles. The Morgan fingerprint density at radius 2 is 2.13 bits per heavy atom. The molecular formula is C9H15BN2O2S. The maximum atomic E-state index is 11.6. The lowest BCUT2D eigenvalue weighted by Gasteiger charge is -2.19. The average Bonchev–Trinajstić information content (AvgIpc) is 2.41. The van der Waals surface area contributed by atoms with Gasteiger partial charge in [0.05, 0.1) is 19.2 Å². The van der Waals surface area contributed by atoms with Gasteiger partial charge in [0.25, 0.3) is 0 Å². The van der Waals surface area contributed by atoms with Crippen molar-refractivity contribution in [1.29, 1.82) is 5.26 Å². The van der Waals surface area contributed by atoms with E-state index in [1.54, 1.807) is 0 Å². The van der Waals surface area contributed by atoms with Crippen LogP contribution in [0, 0.1) is 11.3 Å². The Balaban J connectivity index is 2.74. The van der Waals surface area contributed by atoms with Crippen LogP contribution in [0.2, 0.25) is 5.31 Å². The van der Waals surface area contributed by atoms with Crippen LogP contribution < -0.4 is 4.72 Å². The third-order valence-electron chi connectivity index (χ3n) is 3.01. The van der Waals surface area contributed by atoms with Crippen molar-refractivity contribution < 1.29 is 8.42 Å². The molecule has 1 saturated carbocycles. The lowest BCUT2D eigenvalue weighted by Crippen LogP contribution is -2.31. The minimum Gasteiger partial charge on any atom is -0.218 e. The van der Waals surface area contributed by atoms with Crippen LogP contribution in [0.15, 0.2) is 0 Å². The summed E-state index contributed by atoms with van der Waals surface area (Å²) >= 11 is 0. The lowest BCUT2D eigenvalue weighted by molar-refractivity contribution is 0.552. The van der Waals surface area contributed by atoms with Gasteiger partial charge in [0.15, 0.2) is 0 Å². The van der Waals surface area contributed by atoms with Crippen molar-refractivity contribution in [2.24, 2.45) is 0 Å². The van der Waals surface area contributed by atoms with Crippen LogP contribution >= 0.6 is 0 Å². The first-order valence-electron chi connectivity index (χ1n) is 5.06. The lowest BCUT2D eigenvalue weighted by atomic mass is 9.65. The third-order valence-corrected chi connectivity index (χ3v) is 4.93. The monoisotopic (exact) mass is 226 g/mol. The molecule has 0 spiro atoms. The molecule has 82 valence electrons. The normalized spacial score (nSPS) is 32.9. The van der Waals surface area contributed by atoms with E-state index < -0.39 is 20.6 Å². The van der Waals surface area contributed by atoms with Gasteiger partial charge in [-0.2, -0.15) is 5.26 Å². The molecule has 0 aromatic carbocycles. The van der Waals surface area contributed by atoms with E-state index in [1.807, 2.05) is 0 Å². The number of nitrogens with one attached hydrogen (secondary N) is 1. The summed E-state index contributed by atoms with van der Waals surface area (Å²) in [6.07, 6.45) is 2.78. The Labute approximate surface area is 92.5 Å². The standard InChI is InChI=1S/C9H15BN2O2S/c1-12-15(13,14)8-3-2-5-9(10,7-11)6-4-8/h8,12H,2-6H2,1H3. The fraction of sp³-hybridized carbons (Fsp3) is 0.889. The molecule has 1 aliphatic carbocycles. The summed E-state index contributed by atoms with van der Waals surface area (Å²) in [5, 5.41) is 7.64. The molecule has 2 unspecified atom stereocenters. The van der Waals surface area contributed by atoms with Gasteiger partial charge in [0.1, 0.15) is 0 Å². The Morgan fingerprint density at radius 3 is 2.67 bits per heavy atom. The van der Waals surface area contributed by atoms with Gasteiger partial charge in [-0.05, 0) is 32.7 Å². The Hall–Kier alpha value is -0.535. The second-order valence-corrected chi connectivity index (χ2v) is 6.23. The minimum atomic E-state index is -3.22. The van der Waals surface area contributed by atoms with Gasteiger partial charge in [0, 0.05) is 5.31 Å². The van der Waals surface area contributed by atoms with Crippen LogP contribution in [0.1, 0.15) is 32.1 Å². The molecule has 2 atom stereocenters.